The summed E-state index contributed by atoms with van der Waals surface area (Å²) in [6.45, 7) is 1.96. The van der Waals surface area contributed by atoms with Crippen molar-refractivity contribution in [2.75, 3.05) is 0 Å². The van der Waals surface area contributed by atoms with Gasteiger partial charge in [0.1, 0.15) is 4.74 Å². The van der Waals surface area contributed by atoms with Gasteiger partial charge in [0.2, 0.25) is 0 Å². The highest BCUT2D eigenvalue weighted by molar-refractivity contribution is 8.40. The molecule has 70 valence electrons. The lowest BCUT2D eigenvalue weighted by Gasteiger charge is -2.03. The topological polar surface area (TPSA) is 0 Å². The Morgan fingerprint density at radius 2 is 1.85 bits per heavy atom. The van der Waals surface area contributed by atoms with Crippen LogP contribution in [0.3, 0.4) is 0 Å². The number of hydrogen-bond acceptors (Lipinski definition) is 1. The maximum absolute atomic E-state index is 5.79. The van der Waals surface area contributed by atoms with Crippen LogP contribution in [-0.4, -0.2) is 0 Å². The van der Waals surface area contributed by atoms with E-state index in [1.165, 1.54) is 0 Å². The minimum atomic E-state index is -2.27. The number of benzene rings is 1. The van der Waals surface area contributed by atoms with Gasteiger partial charge in [-0.05, 0) is 23.9 Å². The van der Waals surface area contributed by atoms with E-state index in [0.717, 1.165) is 11.1 Å². The molecule has 0 unspecified atom stereocenters. The van der Waals surface area contributed by atoms with Gasteiger partial charge in [0.15, 0.2) is 0 Å². The summed E-state index contributed by atoms with van der Waals surface area (Å²) in [6.07, 6.45) is 0. The highest BCUT2D eigenvalue weighted by atomic mass is 35.9. The minimum Gasteiger partial charge on any atom is -0.0639 e. The van der Waals surface area contributed by atoms with E-state index in [-0.39, 0.29) is 0 Å². The van der Waals surface area contributed by atoms with Crippen molar-refractivity contribution in [2.45, 2.75) is 6.92 Å². The van der Waals surface area contributed by atoms with Crippen molar-refractivity contribution in [1.82, 2.24) is 0 Å². The molecule has 4 heteroatoms. The Bertz CT molecular complexity index is 353. The molecule has 0 aliphatic heterocycles. The lowest BCUT2D eigenvalue weighted by Crippen LogP contribution is -1.75. The quantitative estimate of drug-likeness (QED) is 0.678. The first-order valence-electron chi connectivity index (χ1n) is 3.73. The van der Waals surface area contributed by atoms with Gasteiger partial charge in [0.25, 0.3) is 0 Å². The van der Waals surface area contributed by atoms with Crippen LogP contribution < -0.4 is 0 Å². The summed E-state index contributed by atoms with van der Waals surface area (Å²) < 4.78 is -2.27. The summed E-state index contributed by atoms with van der Waals surface area (Å²) in [7, 11) is 0. The molecule has 0 aromatic heterocycles. The molecular weight excluding hydrogens is 242 g/mol. The van der Waals surface area contributed by atoms with Crippen molar-refractivity contribution >= 4 is 44.6 Å². The SMILES string of the molecule is C/C(=C\P(=S)(Cl)Cl)c1ccccc1. The zero-order valence-corrected chi connectivity index (χ0v) is 10.3. The van der Waals surface area contributed by atoms with Crippen molar-refractivity contribution < 1.29 is 0 Å². The fourth-order valence-corrected chi connectivity index (χ4v) is 2.95. The van der Waals surface area contributed by atoms with E-state index in [9.17, 15) is 0 Å². The van der Waals surface area contributed by atoms with E-state index >= 15 is 0 Å². The Kier molecular flexibility index (Phi) is 4.00. The van der Waals surface area contributed by atoms with Gasteiger partial charge in [-0.25, -0.2) is 0 Å². The van der Waals surface area contributed by atoms with Crippen molar-refractivity contribution in [1.29, 1.82) is 0 Å². The molecule has 1 aromatic carbocycles. The van der Waals surface area contributed by atoms with Crippen molar-refractivity contribution in [3.63, 3.8) is 0 Å². The van der Waals surface area contributed by atoms with Crippen LogP contribution in [-0.2, 0) is 11.8 Å². The Morgan fingerprint density at radius 3 is 2.31 bits per heavy atom. The molecule has 0 saturated heterocycles. The van der Waals surface area contributed by atoms with Crippen LogP contribution in [0.5, 0.6) is 0 Å². The molecule has 0 amide bonds. The molecule has 1 aromatic rings. The van der Waals surface area contributed by atoms with Crippen molar-refractivity contribution in [3.05, 3.63) is 41.7 Å². The summed E-state index contributed by atoms with van der Waals surface area (Å²) in [6, 6.07) is 9.92. The summed E-state index contributed by atoms with van der Waals surface area (Å²) >= 11 is 16.5. The van der Waals surface area contributed by atoms with Crippen LogP contribution in [0.15, 0.2) is 36.1 Å². The van der Waals surface area contributed by atoms with Crippen LogP contribution in [0.4, 0.5) is 0 Å². The van der Waals surface area contributed by atoms with E-state index < -0.39 is 4.74 Å². The third kappa shape index (κ3) is 4.28. The predicted molar refractivity (Wildman–Crippen MR) is 66.1 cm³/mol. The molecule has 0 bridgehead atoms. The summed E-state index contributed by atoms with van der Waals surface area (Å²) in [4.78, 5) is 0. The predicted octanol–water partition coefficient (Wildman–Crippen LogP) is 4.83. The molecule has 1 rings (SSSR count). The summed E-state index contributed by atoms with van der Waals surface area (Å²) in [5.41, 5.74) is 2.15. The molecule has 0 aliphatic rings. The van der Waals surface area contributed by atoms with Gasteiger partial charge in [0, 0.05) is 0 Å². The van der Waals surface area contributed by atoms with Crippen LogP contribution >= 0.6 is 27.2 Å². The Morgan fingerprint density at radius 1 is 1.31 bits per heavy atom. The Hall–Kier alpha value is 0.190. The molecule has 0 fully saturated rings. The van der Waals surface area contributed by atoms with Crippen LogP contribution in [0.2, 0.25) is 0 Å². The molecule has 0 saturated carbocycles. The zero-order valence-electron chi connectivity index (χ0n) is 7.08. The van der Waals surface area contributed by atoms with E-state index in [2.05, 4.69) is 0 Å². The monoisotopic (exact) mass is 250 g/mol. The lowest BCUT2D eigenvalue weighted by molar-refractivity contribution is 1.58. The molecule has 0 atom stereocenters. The molecule has 0 aliphatic carbocycles. The summed E-state index contributed by atoms with van der Waals surface area (Å²) in [5.74, 6) is 1.76. The number of rotatable bonds is 2. The first-order chi connectivity index (χ1) is 5.99. The fourth-order valence-electron chi connectivity index (χ4n) is 1.00. The van der Waals surface area contributed by atoms with E-state index in [1.54, 1.807) is 5.82 Å². The Labute approximate surface area is 93.1 Å². The van der Waals surface area contributed by atoms with Gasteiger partial charge >= 0.3 is 0 Å². The second-order valence-corrected chi connectivity index (χ2v) is 10.6. The van der Waals surface area contributed by atoms with Gasteiger partial charge in [-0.1, -0.05) is 64.6 Å². The average Bonchev–Trinajstić information content (AvgIpc) is 2.03. The first kappa shape index (κ1) is 11.3. The molecule has 0 radical (unpaired) electrons. The van der Waals surface area contributed by atoms with E-state index in [4.69, 9.17) is 34.3 Å². The number of hydrogen-bond donors (Lipinski definition) is 0. The normalized spacial score (nSPS) is 13.0. The van der Waals surface area contributed by atoms with Gasteiger partial charge in [0.05, 0.1) is 0 Å². The van der Waals surface area contributed by atoms with Crippen LogP contribution in [0.1, 0.15) is 12.5 Å². The Balaban J connectivity index is 2.99. The third-order valence-corrected chi connectivity index (χ3v) is 3.16. The molecule has 0 N–H and O–H groups in total. The molecule has 0 heterocycles. The van der Waals surface area contributed by atoms with Gasteiger partial charge < -0.3 is 0 Å². The maximum Gasteiger partial charge on any atom is 0.140 e. The first-order valence-corrected chi connectivity index (χ1v) is 8.41. The molecule has 0 nitrogen and oxygen atoms in total. The standard InChI is InChI=1S/C9H9Cl2PS/c1-8(7-12(10,11)13)9-5-3-2-4-6-9/h2-7H,1H3/b8-7+. The summed E-state index contributed by atoms with van der Waals surface area (Å²) in [5, 5.41) is 0. The second kappa shape index (κ2) is 4.61. The highest BCUT2D eigenvalue weighted by Crippen LogP contribution is 2.59. The van der Waals surface area contributed by atoms with Gasteiger partial charge in [-0.15, -0.1) is 0 Å². The maximum atomic E-state index is 5.79. The van der Waals surface area contributed by atoms with Crippen molar-refractivity contribution in [2.24, 2.45) is 0 Å². The highest BCUT2D eigenvalue weighted by Gasteiger charge is 2.04. The van der Waals surface area contributed by atoms with E-state index in [0.29, 0.717) is 0 Å². The molecule has 13 heavy (non-hydrogen) atoms. The third-order valence-electron chi connectivity index (χ3n) is 1.57. The second-order valence-electron chi connectivity index (χ2n) is 2.68. The van der Waals surface area contributed by atoms with Crippen LogP contribution in [0, 0.1) is 0 Å². The largest absolute Gasteiger partial charge is 0.140 e. The van der Waals surface area contributed by atoms with E-state index in [1.807, 2.05) is 37.3 Å². The van der Waals surface area contributed by atoms with Gasteiger partial charge in [-0.2, -0.15) is 0 Å². The van der Waals surface area contributed by atoms with Crippen molar-refractivity contribution in [3.8, 4) is 0 Å². The van der Waals surface area contributed by atoms with Crippen LogP contribution in [0.25, 0.3) is 5.57 Å². The lowest BCUT2D eigenvalue weighted by atomic mass is 10.1. The van der Waals surface area contributed by atoms with Gasteiger partial charge in [-0.3, -0.25) is 0 Å². The number of halogens is 2. The molecule has 0 spiro atoms. The number of allylic oxidation sites excluding steroid dienone is 1. The minimum absolute atomic E-state index is 1.04. The average molecular weight is 251 g/mol. The fraction of sp³-hybridized carbons (Fsp3) is 0.111. The smallest absolute Gasteiger partial charge is 0.0639 e. The molecular formula is C9H9Cl2PS. The zero-order chi connectivity index (χ0) is 9.90.